The standard InChI is InChI=1S/C23H26Br2N4O3S/c1-32-21-11-8-18(28-23(30)20-15-26-16-27-20)14-22(21)33(31)29(13-5-3-2-4-12-24)19-9-6-17(25)7-10-19/h6-11,14-16,31H,2-5,12-13H2,1H3,(H-,26,27,28,30)/p+1. The second kappa shape index (κ2) is 13.0. The van der Waals surface area contributed by atoms with Gasteiger partial charge >= 0.3 is 11.4 Å². The predicted molar refractivity (Wildman–Crippen MR) is 142 cm³/mol. The normalized spacial score (nSPS) is 11.8. The second-order valence-electron chi connectivity index (χ2n) is 7.23. The van der Waals surface area contributed by atoms with Crippen molar-refractivity contribution in [1.82, 2.24) is 9.97 Å². The summed E-state index contributed by atoms with van der Waals surface area (Å²) in [6.07, 6.45) is 7.21. The van der Waals surface area contributed by atoms with Gasteiger partial charge in [-0.1, -0.05) is 44.7 Å². The lowest BCUT2D eigenvalue weighted by Gasteiger charge is -2.20. The molecule has 0 bridgehead atoms. The molecule has 0 spiro atoms. The molecule has 0 saturated heterocycles. The van der Waals surface area contributed by atoms with Crippen LogP contribution in [0.15, 0.2) is 64.4 Å². The molecule has 1 heterocycles. The third-order valence-corrected chi connectivity index (χ3v) is 7.54. The van der Waals surface area contributed by atoms with Crippen molar-refractivity contribution in [1.29, 1.82) is 0 Å². The molecule has 176 valence electrons. The first-order valence-electron chi connectivity index (χ1n) is 10.5. The molecule has 0 aliphatic heterocycles. The van der Waals surface area contributed by atoms with Gasteiger partial charge in [-0.3, -0.25) is 4.79 Å². The second-order valence-corrected chi connectivity index (χ2v) is 10.3. The predicted octanol–water partition coefficient (Wildman–Crippen LogP) is 6.26. The van der Waals surface area contributed by atoms with Crippen LogP contribution in [0.5, 0.6) is 5.75 Å². The maximum absolute atomic E-state index is 12.4. The minimum absolute atomic E-state index is 0.307. The van der Waals surface area contributed by atoms with Gasteiger partial charge in [-0.15, -0.1) is 0 Å². The fourth-order valence-electron chi connectivity index (χ4n) is 3.22. The zero-order chi connectivity index (χ0) is 23.6. The number of nitrogens with zero attached hydrogens (tertiary/aromatic N) is 2. The number of anilines is 2. The molecule has 0 fully saturated rings. The molecule has 3 N–H and O–H groups in total. The number of halogens is 2. The van der Waals surface area contributed by atoms with Crippen molar-refractivity contribution < 1.29 is 14.1 Å². The number of carbonyl (C=O) groups is 1. The van der Waals surface area contributed by atoms with Crippen LogP contribution < -0.4 is 14.4 Å². The summed E-state index contributed by atoms with van der Waals surface area (Å²) < 4.78 is 20.0. The Hall–Kier alpha value is -2.01. The summed E-state index contributed by atoms with van der Waals surface area (Å²) in [6, 6.07) is 13.1. The average molecular weight is 599 g/mol. The fourth-order valence-corrected chi connectivity index (χ4v) is 5.31. The smallest absolute Gasteiger partial charge is 0.310 e. The van der Waals surface area contributed by atoms with Crippen LogP contribution in [-0.4, -0.2) is 39.4 Å². The number of nitrogens with one attached hydrogen (secondary N) is 2. The van der Waals surface area contributed by atoms with E-state index in [9.17, 15) is 9.35 Å². The number of rotatable bonds is 12. The highest BCUT2D eigenvalue weighted by molar-refractivity contribution is 9.10. The fraction of sp³-hybridized carbons (Fsp3) is 0.304. The molecule has 2 aromatic carbocycles. The van der Waals surface area contributed by atoms with Gasteiger partial charge in [0.15, 0.2) is 5.75 Å². The Morgan fingerprint density at radius 1 is 1.18 bits per heavy atom. The number of H-pyrrole nitrogens is 1. The summed E-state index contributed by atoms with van der Waals surface area (Å²) >= 11 is 5.66. The molecule has 7 nitrogen and oxygen atoms in total. The maximum atomic E-state index is 12.4. The Morgan fingerprint density at radius 3 is 2.61 bits per heavy atom. The van der Waals surface area contributed by atoms with E-state index in [4.69, 9.17) is 4.74 Å². The zero-order valence-electron chi connectivity index (χ0n) is 18.3. The molecule has 33 heavy (non-hydrogen) atoms. The van der Waals surface area contributed by atoms with Crippen molar-refractivity contribution in [3.63, 3.8) is 0 Å². The molecule has 0 aliphatic rings. The highest BCUT2D eigenvalue weighted by Gasteiger charge is 2.35. The van der Waals surface area contributed by atoms with E-state index >= 15 is 0 Å². The van der Waals surface area contributed by atoms with Crippen molar-refractivity contribution in [2.75, 3.05) is 28.6 Å². The number of imidazole rings is 1. The maximum Gasteiger partial charge on any atom is 0.310 e. The number of unbranched alkanes of at least 4 members (excludes halogenated alkanes) is 3. The highest BCUT2D eigenvalue weighted by atomic mass is 79.9. The highest BCUT2D eigenvalue weighted by Crippen LogP contribution is 2.33. The molecule has 0 saturated carbocycles. The van der Waals surface area contributed by atoms with E-state index in [2.05, 4.69) is 47.1 Å². The summed E-state index contributed by atoms with van der Waals surface area (Å²) in [5.41, 5.74) is 1.83. The monoisotopic (exact) mass is 597 g/mol. The van der Waals surface area contributed by atoms with Gasteiger partial charge in [0.1, 0.15) is 5.69 Å². The zero-order valence-corrected chi connectivity index (χ0v) is 22.2. The average Bonchev–Trinajstić information content (AvgIpc) is 3.37. The molecule has 1 amide bonds. The summed E-state index contributed by atoms with van der Waals surface area (Å²) in [5.74, 6) is 0.250. The van der Waals surface area contributed by atoms with E-state index in [-0.39, 0.29) is 5.91 Å². The van der Waals surface area contributed by atoms with Gasteiger partial charge in [-0.2, -0.15) is 8.86 Å². The minimum atomic E-state index is -1.30. The molecule has 3 aromatic rings. The van der Waals surface area contributed by atoms with Gasteiger partial charge in [0.2, 0.25) is 0 Å². The SMILES string of the molecule is COc1ccc(NC(=O)c2cnc[nH]2)cc1[S+](O)N(CCCCCCBr)c1ccc(Br)cc1. The van der Waals surface area contributed by atoms with Crippen molar-refractivity contribution >= 4 is 60.5 Å². The van der Waals surface area contributed by atoms with Crippen LogP contribution in [0.25, 0.3) is 0 Å². The van der Waals surface area contributed by atoms with E-state index in [0.717, 1.165) is 41.2 Å². The first-order chi connectivity index (χ1) is 16.0. The van der Waals surface area contributed by atoms with Gasteiger partial charge < -0.3 is 15.0 Å². The van der Waals surface area contributed by atoms with Crippen LogP contribution in [0.4, 0.5) is 11.4 Å². The number of hydrogen-bond acceptors (Lipinski definition) is 5. The number of amides is 1. The van der Waals surface area contributed by atoms with Crippen LogP contribution in [0.2, 0.25) is 0 Å². The number of aromatic nitrogens is 2. The first-order valence-corrected chi connectivity index (χ1v) is 13.6. The Balaban J connectivity index is 1.85. The van der Waals surface area contributed by atoms with Gasteiger partial charge in [0.05, 0.1) is 31.9 Å². The molecule has 1 unspecified atom stereocenters. The Bertz CT molecular complexity index is 1020. The third kappa shape index (κ3) is 7.23. The summed E-state index contributed by atoms with van der Waals surface area (Å²) in [6.45, 7) is 0.692. The molecule has 10 heteroatoms. The largest absolute Gasteiger partial charge is 0.491 e. The van der Waals surface area contributed by atoms with Gasteiger partial charge in [-0.05, 0) is 49.2 Å². The lowest BCUT2D eigenvalue weighted by atomic mass is 10.2. The van der Waals surface area contributed by atoms with E-state index < -0.39 is 11.4 Å². The molecular weight excluding hydrogens is 572 g/mol. The quantitative estimate of drug-likeness (QED) is 0.130. The van der Waals surface area contributed by atoms with E-state index in [1.807, 2.05) is 28.6 Å². The lowest BCUT2D eigenvalue weighted by molar-refractivity contribution is 0.102. The van der Waals surface area contributed by atoms with Crippen molar-refractivity contribution in [2.45, 2.75) is 30.6 Å². The first kappa shape index (κ1) is 25.6. The number of methoxy groups -OCH3 is 1. The van der Waals surface area contributed by atoms with Crippen molar-refractivity contribution in [3.05, 3.63) is 65.2 Å². The van der Waals surface area contributed by atoms with Crippen molar-refractivity contribution in [3.8, 4) is 5.75 Å². The lowest BCUT2D eigenvalue weighted by Crippen LogP contribution is -2.32. The molecular formula is C23H27Br2N4O3S+. The summed E-state index contributed by atoms with van der Waals surface area (Å²) in [4.78, 5) is 19.7. The van der Waals surface area contributed by atoms with Crippen molar-refractivity contribution in [2.24, 2.45) is 0 Å². The number of carbonyl (C=O) groups excluding carboxylic acids is 1. The minimum Gasteiger partial charge on any atom is -0.491 e. The summed E-state index contributed by atoms with van der Waals surface area (Å²) in [7, 11) is 1.57. The number of alkyl halides is 1. The Kier molecular flexibility index (Phi) is 10.1. The number of benzene rings is 2. The van der Waals surface area contributed by atoms with E-state index in [1.165, 1.54) is 12.5 Å². The Morgan fingerprint density at radius 2 is 1.94 bits per heavy atom. The van der Waals surface area contributed by atoms with Crippen LogP contribution in [0, 0.1) is 0 Å². The number of hydrogen-bond donors (Lipinski definition) is 3. The molecule has 0 radical (unpaired) electrons. The number of ether oxygens (including phenoxy) is 1. The molecule has 3 rings (SSSR count). The van der Waals surface area contributed by atoms with Crippen LogP contribution in [0.3, 0.4) is 0 Å². The van der Waals surface area contributed by atoms with E-state index in [0.29, 0.717) is 28.6 Å². The Labute approximate surface area is 213 Å². The third-order valence-electron chi connectivity index (χ3n) is 4.93. The molecule has 0 aliphatic carbocycles. The molecule has 1 aromatic heterocycles. The van der Waals surface area contributed by atoms with Gasteiger partial charge in [0, 0.05) is 21.6 Å². The summed E-state index contributed by atoms with van der Waals surface area (Å²) in [5, 5.41) is 3.84. The van der Waals surface area contributed by atoms with Gasteiger partial charge in [-0.25, -0.2) is 4.98 Å². The number of aromatic amines is 1. The van der Waals surface area contributed by atoms with E-state index in [1.54, 1.807) is 25.3 Å². The van der Waals surface area contributed by atoms with Gasteiger partial charge in [0.25, 0.3) is 10.8 Å². The van der Waals surface area contributed by atoms with Crippen LogP contribution in [0.1, 0.15) is 36.2 Å². The van der Waals surface area contributed by atoms with Crippen LogP contribution >= 0.6 is 31.9 Å². The van der Waals surface area contributed by atoms with Crippen LogP contribution in [-0.2, 0) is 11.4 Å². The molecule has 1 atom stereocenters. The topological polar surface area (TPSA) is 90.5 Å².